The summed E-state index contributed by atoms with van der Waals surface area (Å²) in [6.45, 7) is 1.20. The zero-order chi connectivity index (χ0) is 13.0. The normalized spacial score (nSPS) is 10.4. The van der Waals surface area contributed by atoms with Gasteiger partial charge in [-0.3, -0.25) is 0 Å². The van der Waals surface area contributed by atoms with E-state index in [1.165, 1.54) is 5.56 Å². The first-order valence-corrected chi connectivity index (χ1v) is 6.46. The van der Waals surface area contributed by atoms with Crippen molar-refractivity contribution in [3.8, 4) is 0 Å². The Labute approximate surface area is 115 Å². The third-order valence-corrected chi connectivity index (χ3v) is 3.11. The summed E-state index contributed by atoms with van der Waals surface area (Å²) in [6.07, 6.45) is 1.74. The van der Waals surface area contributed by atoms with E-state index in [4.69, 9.17) is 5.73 Å². The van der Waals surface area contributed by atoms with Crippen molar-refractivity contribution in [2.24, 2.45) is 5.73 Å². The molecule has 0 bridgehead atoms. The summed E-state index contributed by atoms with van der Waals surface area (Å²) in [5.74, 6) is 0.695. The molecule has 0 amide bonds. The van der Waals surface area contributed by atoms with E-state index >= 15 is 0 Å². The zero-order valence-electron chi connectivity index (χ0n) is 10.2. The van der Waals surface area contributed by atoms with Gasteiger partial charge in [-0.1, -0.05) is 28.1 Å². The van der Waals surface area contributed by atoms with Crippen molar-refractivity contribution < 1.29 is 0 Å². The first-order valence-electron chi connectivity index (χ1n) is 5.66. The van der Waals surface area contributed by atoms with Crippen LogP contribution in [0.3, 0.4) is 0 Å². The summed E-state index contributed by atoms with van der Waals surface area (Å²) in [5.41, 5.74) is 7.63. The number of benzene rings is 1. The minimum atomic E-state index is 0.432. The summed E-state index contributed by atoms with van der Waals surface area (Å²) >= 11 is 3.42. The molecule has 1 aromatic heterocycles. The van der Waals surface area contributed by atoms with Gasteiger partial charge in [0, 0.05) is 30.8 Å². The molecule has 0 aliphatic carbocycles. The molecular weight excluding hydrogens is 292 g/mol. The van der Waals surface area contributed by atoms with E-state index in [0.717, 1.165) is 16.7 Å². The lowest BCUT2D eigenvalue weighted by Gasteiger charge is -2.17. The third-order valence-electron chi connectivity index (χ3n) is 2.58. The van der Waals surface area contributed by atoms with Gasteiger partial charge in [0.15, 0.2) is 0 Å². The van der Waals surface area contributed by atoms with Gasteiger partial charge >= 0.3 is 0 Å². The molecule has 0 saturated carbocycles. The molecule has 0 spiro atoms. The Kier molecular flexibility index (Phi) is 4.28. The highest BCUT2D eigenvalue weighted by Crippen LogP contribution is 2.14. The van der Waals surface area contributed by atoms with Gasteiger partial charge < -0.3 is 10.6 Å². The van der Waals surface area contributed by atoms with Crippen LogP contribution in [-0.4, -0.2) is 17.0 Å². The maximum atomic E-state index is 5.57. The van der Waals surface area contributed by atoms with Gasteiger partial charge in [-0.25, -0.2) is 9.97 Å². The standard InChI is InChI=1S/C13H15BrN4/c1-18(9-10-2-4-11(14)5-3-10)13-16-7-6-12(8-15)17-13/h2-7H,8-9,15H2,1H3. The largest absolute Gasteiger partial charge is 0.340 e. The number of rotatable bonds is 4. The molecule has 0 fully saturated rings. The second-order valence-electron chi connectivity index (χ2n) is 4.03. The minimum Gasteiger partial charge on any atom is -0.340 e. The summed E-state index contributed by atoms with van der Waals surface area (Å²) in [5, 5.41) is 0. The summed E-state index contributed by atoms with van der Waals surface area (Å²) in [7, 11) is 1.97. The van der Waals surface area contributed by atoms with Crippen LogP contribution in [0.1, 0.15) is 11.3 Å². The van der Waals surface area contributed by atoms with Crippen LogP contribution in [0.4, 0.5) is 5.95 Å². The SMILES string of the molecule is CN(Cc1ccc(Br)cc1)c1nccc(CN)n1. The van der Waals surface area contributed by atoms with Gasteiger partial charge in [0.25, 0.3) is 0 Å². The van der Waals surface area contributed by atoms with E-state index in [1.54, 1.807) is 6.20 Å². The van der Waals surface area contributed by atoms with Crippen molar-refractivity contribution in [2.45, 2.75) is 13.1 Å². The van der Waals surface area contributed by atoms with Gasteiger partial charge in [0.05, 0.1) is 5.69 Å². The molecule has 2 N–H and O–H groups in total. The molecule has 0 saturated heterocycles. The van der Waals surface area contributed by atoms with Crippen molar-refractivity contribution in [3.63, 3.8) is 0 Å². The monoisotopic (exact) mass is 306 g/mol. The Morgan fingerprint density at radius 1 is 1.22 bits per heavy atom. The molecule has 1 heterocycles. The highest BCUT2D eigenvalue weighted by atomic mass is 79.9. The van der Waals surface area contributed by atoms with Gasteiger partial charge in [-0.2, -0.15) is 0 Å². The Morgan fingerprint density at radius 3 is 2.61 bits per heavy atom. The maximum absolute atomic E-state index is 5.57. The number of anilines is 1. The van der Waals surface area contributed by atoms with Crippen molar-refractivity contribution in [2.75, 3.05) is 11.9 Å². The van der Waals surface area contributed by atoms with Crippen LogP contribution in [0.25, 0.3) is 0 Å². The van der Waals surface area contributed by atoms with Gasteiger partial charge in [0.2, 0.25) is 5.95 Å². The molecule has 0 aliphatic rings. The van der Waals surface area contributed by atoms with Crippen LogP contribution in [0, 0.1) is 0 Å². The topological polar surface area (TPSA) is 55.0 Å². The number of aromatic nitrogens is 2. The Balaban J connectivity index is 2.11. The molecule has 18 heavy (non-hydrogen) atoms. The van der Waals surface area contributed by atoms with Gasteiger partial charge in [0.1, 0.15) is 0 Å². The smallest absolute Gasteiger partial charge is 0.225 e. The molecule has 5 heteroatoms. The molecule has 0 atom stereocenters. The van der Waals surface area contributed by atoms with Gasteiger partial charge in [-0.15, -0.1) is 0 Å². The molecule has 2 aromatic rings. The maximum Gasteiger partial charge on any atom is 0.225 e. The third kappa shape index (κ3) is 3.27. The van der Waals surface area contributed by atoms with Crippen LogP contribution < -0.4 is 10.6 Å². The summed E-state index contributed by atoms with van der Waals surface area (Å²) in [4.78, 5) is 10.6. The average Bonchev–Trinajstić information content (AvgIpc) is 2.41. The number of halogens is 1. The van der Waals surface area contributed by atoms with Crippen molar-refractivity contribution in [1.29, 1.82) is 0 Å². The lowest BCUT2D eigenvalue weighted by molar-refractivity contribution is 0.845. The number of hydrogen-bond donors (Lipinski definition) is 1. The Morgan fingerprint density at radius 2 is 1.94 bits per heavy atom. The molecule has 94 valence electrons. The fourth-order valence-corrected chi connectivity index (χ4v) is 1.88. The van der Waals surface area contributed by atoms with E-state index in [-0.39, 0.29) is 0 Å². The summed E-state index contributed by atoms with van der Waals surface area (Å²) in [6, 6.07) is 10.0. The van der Waals surface area contributed by atoms with Crippen LogP contribution in [0.2, 0.25) is 0 Å². The molecule has 4 nitrogen and oxygen atoms in total. The molecule has 1 aromatic carbocycles. The zero-order valence-corrected chi connectivity index (χ0v) is 11.8. The average molecular weight is 307 g/mol. The number of nitrogens with two attached hydrogens (primary N) is 1. The quantitative estimate of drug-likeness (QED) is 0.942. The van der Waals surface area contributed by atoms with E-state index in [1.807, 2.05) is 30.1 Å². The lowest BCUT2D eigenvalue weighted by Crippen LogP contribution is -2.19. The van der Waals surface area contributed by atoms with Crippen LogP contribution in [0.15, 0.2) is 41.0 Å². The van der Waals surface area contributed by atoms with Crippen LogP contribution in [0.5, 0.6) is 0 Å². The molecule has 0 aliphatic heterocycles. The van der Waals surface area contributed by atoms with Crippen molar-refractivity contribution in [1.82, 2.24) is 9.97 Å². The van der Waals surface area contributed by atoms with E-state index < -0.39 is 0 Å². The van der Waals surface area contributed by atoms with E-state index in [9.17, 15) is 0 Å². The molecule has 0 unspecified atom stereocenters. The van der Waals surface area contributed by atoms with Gasteiger partial charge in [-0.05, 0) is 23.8 Å². The highest BCUT2D eigenvalue weighted by molar-refractivity contribution is 9.10. The van der Waals surface area contributed by atoms with E-state index in [2.05, 4.69) is 38.0 Å². The fourth-order valence-electron chi connectivity index (χ4n) is 1.62. The fraction of sp³-hybridized carbons (Fsp3) is 0.231. The van der Waals surface area contributed by atoms with Crippen LogP contribution >= 0.6 is 15.9 Å². The molecular formula is C13H15BrN4. The molecule has 0 radical (unpaired) electrons. The first-order chi connectivity index (χ1) is 8.69. The summed E-state index contributed by atoms with van der Waals surface area (Å²) < 4.78 is 1.08. The van der Waals surface area contributed by atoms with E-state index in [0.29, 0.717) is 12.5 Å². The first kappa shape index (κ1) is 13.0. The highest BCUT2D eigenvalue weighted by Gasteiger charge is 2.05. The van der Waals surface area contributed by atoms with Crippen molar-refractivity contribution in [3.05, 3.63) is 52.3 Å². The Bertz CT molecular complexity index is 513. The predicted molar refractivity (Wildman–Crippen MR) is 76.2 cm³/mol. The van der Waals surface area contributed by atoms with Crippen LogP contribution in [-0.2, 0) is 13.1 Å². The lowest BCUT2D eigenvalue weighted by atomic mass is 10.2. The second-order valence-corrected chi connectivity index (χ2v) is 4.95. The van der Waals surface area contributed by atoms with Crippen molar-refractivity contribution >= 4 is 21.9 Å². The molecule has 2 rings (SSSR count). The predicted octanol–water partition coefficient (Wildman–Crippen LogP) is 2.33. The minimum absolute atomic E-state index is 0.432. The Hall–Kier alpha value is -1.46. The second kappa shape index (κ2) is 5.93. The number of hydrogen-bond acceptors (Lipinski definition) is 4. The number of nitrogens with zero attached hydrogens (tertiary/aromatic N) is 3.